The first kappa shape index (κ1) is 14.5. The topological polar surface area (TPSA) is 30.5 Å². The number of ether oxygens (including phenoxy) is 2. The average molecular weight is 296 g/mol. The molecule has 3 nitrogen and oxygen atoms in total. The van der Waals surface area contributed by atoms with Crippen LogP contribution in [0, 0.1) is 5.82 Å². The van der Waals surface area contributed by atoms with Gasteiger partial charge < -0.3 is 14.8 Å². The number of rotatable bonds is 5. The summed E-state index contributed by atoms with van der Waals surface area (Å²) in [6, 6.07) is 9.83. The molecule has 0 unspecified atom stereocenters. The fourth-order valence-corrected chi connectivity index (χ4v) is 2.08. The summed E-state index contributed by atoms with van der Waals surface area (Å²) in [4.78, 5) is 0. The maximum Gasteiger partial charge on any atom is 0.145 e. The van der Waals surface area contributed by atoms with Gasteiger partial charge in [-0.3, -0.25) is 0 Å². The molecule has 0 fully saturated rings. The van der Waals surface area contributed by atoms with Crippen LogP contribution in [0.15, 0.2) is 36.4 Å². The van der Waals surface area contributed by atoms with Gasteiger partial charge >= 0.3 is 0 Å². The molecule has 106 valence electrons. The molecule has 20 heavy (non-hydrogen) atoms. The van der Waals surface area contributed by atoms with Crippen molar-refractivity contribution in [3.8, 4) is 11.5 Å². The Balaban J connectivity index is 2.18. The third-order valence-corrected chi connectivity index (χ3v) is 3.14. The molecule has 2 aromatic carbocycles. The number of benzene rings is 2. The van der Waals surface area contributed by atoms with Crippen molar-refractivity contribution in [2.24, 2.45) is 0 Å². The molecule has 0 saturated carbocycles. The minimum absolute atomic E-state index is 0.260. The molecular weight excluding hydrogens is 281 g/mol. The van der Waals surface area contributed by atoms with E-state index in [9.17, 15) is 4.39 Å². The first-order valence-electron chi connectivity index (χ1n) is 6.04. The minimum Gasteiger partial charge on any atom is -0.495 e. The van der Waals surface area contributed by atoms with E-state index in [0.717, 1.165) is 11.3 Å². The Labute approximate surface area is 122 Å². The SMILES string of the molecule is COc1cc(OC)c(NCc2cccc(F)c2)cc1Cl. The van der Waals surface area contributed by atoms with E-state index in [2.05, 4.69) is 5.32 Å². The molecule has 0 aliphatic carbocycles. The van der Waals surface area contributed by atoms with Gasteiger partial charge in [0.05, 0.1) is 24.9 Å². The van der Waals surface area contributed by atoms with E-state index >= 15 is 0 Å². The van der Waals surface area contributed by atoms with Gasteiger partial charge in [-0.2, -0.15) is 0 Å². The average Bonchev–Trinajstić information content (AvgIpc) is 2.45. The molecule has 1 N–H and O–H groups in total. The summed E-state index contributed by atoms with van der Waals surface area (Å²) in [7, 11) is 3.11. The van der Waals surface area contributed by atoms with Crippen LogP contribution in [-0.4, -0.2) is 14.2 Å². The largest absolute Gasteiger partial charge is 0.495 e. The third-order valence-electron chi connectivity index (χ3n) is 2.85. The maximum absolute atomic E-state index is 13.1. The summed E-state index contributed by atoms with van der Waals surface area (Å²) in [6.45, 7) is 0.469. The molecule has 0 amide bonds. The zero-order valence-electron chi connectivity index (χ0n) is 11.2. The number of anilines is 1. The van der Waals surface area contributed by atoms with Crippen LogP contribution in [0.1, 0.15) is 5.56 Å². The molecule has 2 rings (SSSR count). The van der Waals surface area contributed by atoms with Crippen molar-refractivity contribution in [1.82, 2.24) is 0 Å². The van der Waals surface area contributed by atoms with Gasteiger partial charge in [-0.15, -0.1) is 0 Å². The monoisotopic (exact) mass is 295 g/mol. The molecule has 0 aromatic heterocycles. The Bertz CT molecular complexity index is 604. The molecule has 0 atom stereocenters. The van der Waals surface area contributed by atoms with Crippen LogP contribution in [0.3, 0.4) is 0 Å². The summed E-state index contributed by atoms with van der Waals surface area (Å²) in [5.74, 6) is 0.895. The molecule has 0 radical (unpaired) electrons. The van der Waals surface area contributed by atoms with Crippen LogP contribution in [0.2, 0.25) is 5.02 Å². The fraction of sp³-hybridized carbons (Fsp3) is 0.200. The first-order chi connectivity index (χ1) is 9.63. The lowest BCUT2D eigenvalue weighted by atomic mass is 10.2. The molecule has 0 bridgehead atoms. The second-order valence-electron chi connectivity index (χ2n) is 4.17. The second-order valence-corrected chi connectivity index (χ2v) is 4.58. The fourth-order valence-electron chi connectivity index (χ4n) is 1.84. The van der Waals surface area contributed by atoms with E-state index < -0.39 is 0 Å². The summed E-state index contributed by atoms with van der Waals surface area (Å²) in [5.41, 5.74) is 1.56. The molecule has 0 aliphatic heterocycles. The quantitative estimate of drug-likeness (QED) is 0.900. The van der Waals surface area contributed by atoms with Gasteiger partial charge in [0, 0.05) is 12.6 Å². The van der Waals surface area contributed by atoms with Crippen LogP contribution < -0.4 is 14.8 Å². The number of nitrogens with one attached hydrogen (secondary N) is 1. The molecule has 0 aliphatic rings. The summed E-state index contributed by atoms with van der Waals surface area (Å²) >= 11 is 6.08. The van der Waals surface area contributed by atoms with Crippen molar-refractivity contribution < 1.29 is 13.9 Å². The zero-order chi connectivity index (χ0) is 14.5. The molecule has 0 heterocycles. The second kappa shape index (κ2) is 6.48. The highest BCUT2D eigenvalue weighted by molar-refractivity contribution is 6.32. The molecule has 2 aromatic rings. The van der Waals surface area contributed by atoms with Crippen molar-refractivity contribution in [3.05, 3.63) is 52.8 Å². The van der Waals surface area contributed by atoms with Gasteiger partial charge in [-0.1, -0.05) is 23.7 Å². The van der Waals surface area contributed by atoms with Crippen LogP contribution >= 0.6 is 11.6 Å². The van der Waals surface area contributed by atoms with Gasteiger partial charge in [0.1, 0.15) is 17.3 Å². The van der Waals surface area contributed by atoms with Gasteiger partial charge in [0.25, 0.3) is 0 Å². The molecular formula is C15H15ClFNO2. The van der Waals surface area contributed by atoms with Crippen molar-refractivity contribution >= 4 is 17.3 Å². The normalized spacial score (nSPS) is 10.2. The van der Waals surface area contributed by atoms with Crippen molar-refractivity contribution in [2.75, 3.05) is 19.5 Å². The van der Waals surface area contributed by atoms with E-state index in [-0.39, 0.29) is 5.82 Å². The summed E-state index contributed by atoms with van der Waals surface area (Å²) < 4.78 is 23.5. The Morgan fingerprint density at radius 3 is 2.50 bits per heavy atom. The highest BCUT2D eigenvalue weighted by Gasteiger charge is 2.09. The Kier molecular flexibility index (Phi) is 4.69. The van der Waals surface area contributed by atoms with Gasteiger partial charge in [-0.05, 0) is 23.8 Å². The van der Waals surface area contributed by atoms with Gasteiger partial charge in [0.15, 0.2) is 0 Å². The highest BCUT2D eigenvalue weighted by Crippen LogP contribution is 2.36. The lowest BCUT2D eigenvalue weighted by Gasteiger charge is -2.14. The Hall–Kier alpha value is -1.94. The molecule has 5 heteroatoms. The number of hydrogen-bond acceptors (Lipinski definition) is 3. The molecule has 0 spiro atoms. The maximum atomic E-state index is 13.1. The van der Waals surface area contributed by atoms with Crippen LogP contribution in [0.4, 0.5) is 10.1 Å². The predicted molar refractivity (Wildman–Crippen MR) is 78.3 cm³/mol. The lowest BCUT2D eigenvalue weighted by molar-refractivity contribution is 0.395. The summed E-state index contributed by atoms with van der Waals surface area (Å²) in [5, 5.41) is 3.65. The minimum atomic E-state index is -0.260. The van der Waals surface area contributed by atoms with Crippen LogP contribution in [0.25, 0.3) is 0 Å². The van der Waals surface area contributed by atoms with Crippen LogP contribution in [-0.2, 0) is 6.54 Å². The Morgan fingerprint density at radius 2 is 1.85 bits per heavy atom. The standard InChI is InChI=1S/C15H15ClFNO2/c1-19-14-8-15(20-2)13(7-12(14)16)18-9-10-4-3-5-11(17)6-10/h3-8,18H,9H2,1-2H3. The summed E-state index contributed by atoms with van der Waals surface area (Å²) in [6.07, 6.45) is 0. The van der Waals surface area contributed by atoms with E-state index in [1.807, 2.05) is 6.07 Å². The van der Waals surface area contributed by atoms with E-state index in [1.54, 1.807) is 32.4 Å². The number of methoxy groups -OCH3 is 2. The van der Waals surface area contributed by atoms with E-state index in [1.165, 1.54) is 12.1 Å². The van der Waals surface area contributed by atoms with E-state index in [4.69, 9.17) is 21.1 Å². The van der Waals surface area contributed by atoms with Crippen molar-refractivity contribution in [2.45, 2.75) is 6.54 Å². The van der Waals surface area contributed by atoms with Crippen molar-refractivity contribution in [1.29, 1.82) is 0 Å². The predicted octanol–water partition coefficient (Wildman–Crippen LogP) is 4.11. The number of halogens is 2. The zero-order valence-corrected chi connectivity index (χ0v) is 12.0. The van der Waals surface area contributed by atoms with Crippen molar-refractivity contribution in [3.63, 3.8) is 0 Å². The highest BCUT2D eigenvalue weighted by atomic mass is 35.5. The first-order valence-corrected chi connectivity index (χ1v) is 6.41. The third kappa shape index (κ3) is 3.33. The Morgan fingerprint density at radius 1 is 1.10 bits per heavy atom. The van der Waals surface area contributed by atoms with E-state index in [0.29, 0.717) is 23.1 Å². The lowest BCUT2D eigenvalue weighted by Crippen LogP contribution is -2.02. The smallest absolute Gasteiger partial charge is 0.145 e. The van der Waals surface area contributed by atoms with Gasteiger partial charge in [0.2, 0.25) is 0 Å². The number of hydrogen-bond donors (Lipinski definition) is 1. The molecule has 0 saturated heterocycles. The van der Waals surface area contributed by atoms with Crippen LogP contribution in [0.5, 0.6) is 11.5 Å². The van der Waals surface area contributed by atoms with Gasteiger partial charge in [-0.25, -0.2) is 4.39 Å².